The Labute approximate surface area is 292 Å². The highest BCUT2D eigenvalue weighted by atomic mass is 32.1. The van der Waals surface area contributed by atoms with Crippen LogP contribution in [0.25, 0.3) is 73.4 Å². The van der Waals surface area contributed by atoms with Crippen LogP contribution in [0.2, 0.25) is 0 Å². The lowest BCUT2D eigenvalue weighted by atomic mass is 9.92. The molecule has 0 amide bonds. The van der Waals surface area contributed by atoms with E-state index in [9.17, 15) is 0 Å². The molecule has 3 heteroatoms. The molecular weight excluding hydrogens is 631 g/mol. The average molecular weight is 660 g/mol. The van der Waals surface area contributed by atoms with Crippen molar-refractivity contribution in [1.82, 2.24) is 0 Å². The minimum absolute atomic E-state index is 1.13. The summed E-state index contributed by atoms with van der Waals surface area (Å²) in [7, 11) is 0. The lowest BCUT2D eigenvalue weighted by Gasteiger charge is -2.27. The number of fused-ring (bicyclic) bond motifs is 7. The molecule has 0 spiro atoms. The Morgan fingerprint density at radius 3 is 1.80 bits per heavy atom. The molecule has 10 aromatic rings. The van der Waals surface area contributed by atoms with E-state index >= 15 is 0 Å². The van der Waals surface area contributed by atoms with Gasteiger partial charge in [-0.15, -0.1) is 22.7 Å². The van der Waals surface area contributed by atoms with Gasteiger partial charge in [0.1, 0.15) is 0 Å². The van der Waals surface area contributed by atoms with Gasteiger partial charge in [0.25, 0.3) is 0 Å². The molecule has 0 aliphatic carbocycles. The molecule has 0 unspecified atom stereocenters. The van der Waals surface area contributed by atoms with Gasteiger partial charge in [0.05, 0.1) is 0 Å². The van der Waals surface area contributed by atoms with Crippen molar-refractivity contribution >= 4 is 90.9 Å². The first-order valence-corrected chi connectivity index (χ1v) is 18.2. The van der Waals surface area contributed by atoms with Crippen molar-refractivity contribution < 1.29 is 0 Å². The molecule has 0 atom stereocenters. The summed E-state index contributed by atoms with van der Waals surface area (Å²) in [5.74, 6) is 0. The SMILES string of the molecule is c1ccc(-c2ccc(N(c3ccc4ccccc4c3)c3ccc4c(c3)sc3ccccc34)cc2-c2cccc3c2sc2ccccc23)cc1. The summed E-state index contributed by atoms with van der Waals surface area (Å²) in [6.07, 6.45) is 0. The third-order valence-corrected chi connectivity index (χ3v) is 12.0. The van der Waals surface area contributed by atoms with Gasteiger partial charge in [-0.2, -0.15) is 0 Å². The maximum atomic E-state index is 2.43. The highest BCUT2D eigenvalue weighted by Crippen LogP contribution is 2.46. The van der Waals surface area contributed by atoms with E-state index < -0.39 is 0 Å². The van der Waals surface area contributed by atoms with Gasteiger partial charge >= 0.3 is 0 Å². The monoisotopic (exact) mass is 659 g/mol. The lowest BCUT2D eigenvalue weighted by molar-refractivity contribution is 1.30. The van der Waals surface area contributed by atoms with E-state index in [4.69, 9.17) is 0 Å². The Hall–Kier alpha value is -5.74. The lowest BCUT2D eigenvalue weighted by Crippen LogP contribution is -2.10. The van der Waals surface area contributed by atoms with E-state index in [0.717, 1.165) is 17.1 Å². The van der Waals surface area contributed by atoms with Gasteiger partial charge in [0.15, 0.2) is 0 Å². The fourth-order valence-corrected chi connectivity index (χ4v) is 9.71. The van der Waals surface area contributed by atoms with Gasteiger partial charge in [0, 0.05) is 63.0 Å². The summed E-state index contributed by atoms with van der Waals surface area (Å²) < 4.78 is 5.25. The smallest absolute Gasteiger partial charge is 0.0476 e. The van der Waals surface area contributed by atoms with Crippen molar-refractivity contribution in [2.45, 2.75) is 0 Å². The molecule has 0 fully saturated rings. The molecular formula is C46H29NS2. The van der Waals surface area contributed by atoms with Crippen LogP contribution in [0.15, 0.2) is 176 Å². The molecule has 10 rings (SSSR count). The van der Waals surface area contributed by atoms with Crippen LogP contribution < -0.4 is 4.90 Å². The molecule has 49 heavy (non-hydrogen) atoms. The highest BCUT2D eigenvalue weighted by Gasteiger charge is 2.20. The molecule has 0 saturated carbocycles. The largest absolute Gasteiger partial charge is 0.310 e. The van der Waals surface area contributed by atoms with Crippen LogP contribution in [-0.2, 0) is 0 Å². The van der Waals surface area contributed by atoms with Gasteiger partial charge in [-0.25, -0.2) is 0 Å². The summed E-state index contributed by atoms with van der Waals surface area (Å²) in [5.41, 5.74) is 8.35. The number of benzene rings is 8. The normalized spacial score (nSPS) is 11.7. The van der Waals surface area contributed by atoms with E-state index in [1.54, 1.807) is 0 Å². The standard InChI is InChI=1S/C46H29NS2/c1-2-12-31(13-3-1)36-25-23-34(28-42(36)41-18-10-17-40-38-16-7-9-20-44(38)49-46(40)41)47(33-22-21-30-11-4-5-14-32(30)27-33)35-24-26-39-37-15-6-8-19-43(37)48-45(39)29-35/h1-29H. The highest BCUT2D eigenvalue weighted by molar-refractivity contribution is 7.26. The van der Waals surface area contributed by atoms with Crippen LogP contribution in [-0.4, -0.2) is 0 Å². The first-order chi connectivity index (χ1) is 24.3. The molecule has 0 N–H and O–H groups in total. The van der Waals surface area contributed by atoms with E-state index in [1.165, 1.54) is 73.4 Å². The molecule has 2 heterocycles. The van der Waals surface area contributed by atoms with Crippen molar-refractivity contribution in [3.8, 4) is 22.3 Å². The van der Waals surface area contributed by atoms with E-state index in [0.29, 0.717) is 0 Å². The predicted molar refractivity (Wildman–Crippen MR) is 215 cm³/mol. The summed E-state index contributed by atoms with van der Waals surface area (Å²) in [6, 6.07) is 64.5. The molecule has 2 aromatic heterocycles. The minimum Gasteiger partial charge on any atom is -0.310 e. The number of rotatable bonds is 5. The molecule has 0 aliphatic heterocycles. The number of nitrogens with zero attached hydrogens (tertiary/aromatic N) is 1. The zero-order chi connectivity index (χ0) is 32.3. The van der Waals surface area contributed by atoms with Crippen LogP contribution in [0.3, 0.4) is 0 Å². The minimum atomic E-state index is 1.13. The molecule has 8 aromatic carbocycles. The predicted octanol–water partition coefficient (Wildman–Crippen LogP) is 14.4. The third-order valence-electron chi connectivity index (χ3n) is 9.65. The second-order valence-electron chi connectivity index (χ2n) is 12.5. The maximum Gasteiger partial charge on any atom is 0.0476 e. The molecule has 230 valence electrons. The number of hydrogen-bond donors (Lipinski definition) is 0. The zero-order valence-corrected chi connectivity index (χ0v) is 28.1. The van der Waals surface area contributed by atoms with Crippen molar-refractivity contribution in [3.05, 3.63) is 176 Å². The first kappa shape index (κ1) is 28.3. The molecule has 1 nitrogen and oxygen atoms in total. The van der Waals surface area contributed by atoms with Gasteiger partial charge in [-0.3, -0.25) is 0 Å². The van der Waals surface area contributed by atoms with Gasteiger partial charge in [0.2, 0.25) is 0 Å². The molecule has 0 bridgehead atoms. The zero-order valence-electron chi connectivity index (χ0n) is 26.5. The summed E-state index contributed by atoms with van der Waals surface area (Å²) in [4.78, 5) is 2.43. The Morgan fingerprint density at radius 1 is 0.327 bits per heavy atom. The Balaban J connectivity index is 1.24. The summed E-state index contributed by atoms with van der Waals surface area (Å²) in [6.45, 7) is 0. The van der Waals surface area contributed by atoms with Crippen LogP contribution in [0, 0.1) is 0 Å². The van der Waals surface area contributed by atoms with Crippen molar-refractivity contribution in [1.29, 1.82) is 0 Å². The Bertz CT molecular complexity index is 2840. The Morgan fingerprint density at radius 2 is 0.939 bits per heavy atom. The van der Waals surface area contributed by atoms with E-state index in [1.807, 2.05) is 22.7 Å². The van der Waals surface area contributed by atoms with Crippen molar-refractivity contribution in [2.75, 3.05) is 4.90 Å². The van der Waals surface area contributed by atoms with Gasteiger partial charge in [-0.05, 0) is 76.0 Å². The van der Waals surface area contributed by atoms with Crippen LogP contribution in [0.4, 0.5) is 17.1 Å². The Kier molecular flexibility index (Phi) is 6.61. The summed E-state index contributed by atoms with van der Waals surface area (Å²) >= 11 is 3.75. The van der Waals surface area contributed by atoms with Crippen molar-refractivity contribution in [2.24, 2.45) is 0 Å². The maximum absolute atomic E-state index is 2.43. The second-order valence-corrected chi connectivity index (χ2v) is 14.7. The van der Waals surface area contributed by atoms with Crippen molar-refractivity contribution in [3.63, 3.8) is 0 Å². The van der Waals surface area contributed by atoms with Gasteiger partial charge in [-0.1, -0.05) is 127 Å². The van der Waals surface area contributed by atoms with E-state index in [2.05, 4.69) is 181 Å². The molecule has 0 radical (unpaired) electrons. The first-order valence-electron chi connectivity index (χ1n) is 16.6. The van der Waals surface area contributed by atoms with Crippen LogP contribution >= 0.6 is 22.7 Å². The fraction of sp³-hybridized carbons (Fsp3) is 0. The van der Waals surface area contributed by atoms with Gasteiger partial charge < -0.3 is 4.90 Å². The average Bonchev–Trinajstić information content (AvgIpc) is 3.73. The second kappa shape index (κ2) is 11.5. The van der Waals surface area contributed by atoms with Crippen LogP contribution in [0.1, 0.15) is 0 Å². The number of thiophene rings is 2. The number of anilines is 3. The summed E-state index contributed by atoms with van der Waals surface area (Å²) in [5, 5.41) is 7.71. The van der Waals surface area contributed by atoms with E-state index in [-0.39, 0.29) is 0 Å². The topological polar surface area (TPSA) is 3.24 Å². The quantitative estimate of drug-likeness (QED) is 0.178. The fourth-order valence-electron chi connectivity index (χ4n) is 7.34. The third kappa shape index (κ3) is 4.74. The van der Waals surface area contributed by atoms with Crippen LogP contribution in [0.5, 0.6) is 0 Å². The number of hydrogen-bond acceptors (Lipinski definition) is 3. The molecule has 0 aliphatic rings. The molecule has 0 saturated heterocycles.